The van der Waals surface area contributed by atoms with Gasteiger partial charge in [-0.2, -0.15) is 0 Å². The summed E-state index contributed by atoms with van der Waals surface area (Å²) in [6.45, 7) is -0.752. The van der Waals surface area contributed by atoms with Gasteiger partial charge < -0.3 is 0 Å². The van der Waals surface area contributed by atoms with Crippen LogP contribution in [0.5, 0.6) is 0 Å². The lowest BCUT2D eigenvalue weighted by atomic mass is 12.0. The van der Waals surface area contributed by atoms with Crippen LogP contribution < -0.4 is 0 Å². The van der Waals surface area contributed by atoms with Crippen molar-refractivity contribution in [3.05, 3.63) is 0 Å². The second kappa shape index (κ2) is 2.90. The smallest absolute Gasteiger partial charge is 0.0828 e. The lowest BCUT2D eigenvalue weighted by Crippen LogP contribution is -1.77. The molecule has 1 unspecified atom stereocenters. The molecule has 1 atom stereocenters. The molecule has 0 heterocycles. The number of hydrogen-bond acceptors (Lipinski definition) is 3. The maximum Gasteiger partial charge on any atom is 0.0828 e. The maximum absolute atomic E-state index is 10.7. The first-order valence-electron chi connectivity index (χ1n) is 1.23. The fourth-order valence-electron chi connectivity index (χ4n) is 0. The Bertz CT molecular complexity index is 235. The van der Waals surface area contributed by atoms with Gasteiger partial charge in [-0.3, -0.25) is 0 Å². The number of rotatable bonds is 0. The highest BCUT2D eigenvalue weighted by Crippen LogP contribution is 1.96. The van der Waals surface area contributed by atoms with Crippen LogP contribution in [0.15, 0.2) is 0 Å². The molecule has 44 valence electrons. The van der Waals surface area contributed by atoms with Gasteiger partial charge in [0.05, 0.1) is 5.66 Å². The van der Waals surface area contributed by atoms with E-state index in [0.717, 1.165) is 0 Å². The summed E-state index contributed by atoms with van der Waals surface area (Å²) in [5, 5.41) is 0. The van der Waals surface area contributed by atoms with Crippen LogP contribution in [0.1, 0.15) is 0 Å². The fourth-order valence-corrected chi connectivity index (χ4v) is 0. The van der Waals surface area contributed by atoms with Crippen molar-refractivity contribution in [1.82, 2.24) is 0 Å². The highest BCUT2D eigenvalue weighted by atomic mass is 127. The van der Waals surface area contributed by atoms with E-state index in [1.54, 1.807) is 27.5 Å². The van der Waals surface area contributed by atoms with Gasteiger partial charge in [-0.25, -0.2) is 4.21 Å². The van der Waals surface area contributed by atoms with Crippen LogP contribution in [-0.4, -0.2) is 10.5 Å². The highest BCUT2D eigenvalue weighted by molar-refractivity contribution is 14.2. The predicted molar refractivity (Wildman–Crippen MR) is 50.2 cm³/mol. The summed E-state index contributed by atoms with van der Waals surface area (Å²) >= 11 is 11.0. The van der Waals surface area contributed by atoms with Gasteiger partial charge in [-0.15, -0.1) is 0 Å². The molecular formula is CH3IOS4. The summed E-state index contributed by atoms with van der Waals surface area (Å²) in [5.74, 6) is 0. The van der Waals surface area contributed by atoms with E-state index in [1.165, 1.54) is 0 Å². The van der Waals surface area contributed by atoms with Crippen molar-refractivity contribution in [2.45, 2.75) is 0 Å². The van der Waals surface area contributed by atoms with Crippen LogP contribution in [0.2, 0.25) is 0 Å². The zero-order valence-electron chi connectivity index (χ0n) is 3.42. The third-order valence-corrected chi connectivity index (χ3v) is 14.5. The van der Waals surface area contributed by atoms with Gasteiger partial charge in [0, 0.05) is 27.5 Å². The van der Waals surface area contributed by atoms with E-state index < -0.39 is 12.2 Å². The molecular weight excluding hydrogens is 283 g/mol. The van der Waals surface area contributed by atoms with Gasteiger partial charge in [0.25, 0.3) is 0 Å². The Labute approximate surface area is 65.6 Å². The Kier molecular flexibility index (Phi) is 3.54. The van der Waals surface area contributed by atoms with Crippen molar-refractivity contribution in [2.75, 3.05) is 6.26 Å². The van der Waals surface area contributed by atoms with E-state index in [9.17, 15) is 4.21 Å². The maximum atomic E-state index is 10.7. The summed E-state index contributed by atoms with van der Waals surface area (Å²) in [6, 6.07) is 0. The molecule has 1 nitrogen and oxygen atoms in total. The standard InChI is InChI=1S/CH3IOS4/c1-7(2,3)6(4)5/h1H3. The number of halogens is 1. The minimum Gasteiger partial charge on any atom is -0.247 e. The van der Waals surface area contributed by atoms with Crippen molar-refractivity contribution in [2.24, 2.45) is 0 Å². The molecule has 0 rings (SSSR count). The molecule has 0 radical (unpaired) electrons. The van der Waals surface area contributed by atoms with Crippen molar-refractivity contribution in [3.63, 3.8) is 0 Å². The van der Waals surface area contributed by atoms with Crippen molar-refractivity contribution >= 4 is 55.8 Å². The molecule has 0 aromatic rings. The van der Waals surface area contributed by atoms with E-state index >= 15 is 0 Å². The van der Waals surface area contributed by atoms with E-state index in [2.05, 4.69) is 22.4 Å². The largest absolute Gasteiger partial charge is 0.247 e. The Morgan fingerprint density at radius 3 is 1.86 bits per heavy atom. The minimum absolute atomic E-state index is 0.752. The minimum atomic E-state index is -1.86. The number of hydrogen-bond donors (Lipinski definition) is 0. The highest BCUT2D eigenvalue weighted by Gasteiger charge is 1.83. The van der Waals surface area contributed by atoms with Gasteiger partial charge in [0.2, 0.25) is 0 Å². The molecule has 0 bridgehead atoms. The van der Waals surface area contributed by atoms with E-state index in [-0.39, 0.29) is 0 Å². The molecule has 0 aliphatic heterocycles. The Balaban J connectivity index is 5.63. The molecule has 7 heavy (non-hydrogen) atoms. The SMILES string of the molecule is CS(=O)(I)=S(=S)=S. The third kappa shape index (κ3) is 4.07. The predicted octanol–water partition coefficient (Wildman–Crippen LogP) is 0.708. The van der Waals surface area contributed by atoms with Crippen molar-refractivity contribution in [3.8, 4) is 0 Å². The monoisotopic (exact) mass is 286 g/mol. The molecule has 0 saturated carbocycles. The molecule has 0 saturated heterocycles. The third-order valence-electron chi connectivity index (χ3n) is 0.243. The summed E-state index contributed by atoms with van der Waals surface area (Å²) in [4.78, 5) is 0. The van der Waals surface area contributed by atoms with Gasteiger partial charge in [-0.1, -0.05) is 0 Å². The lowest BCUT2D eigenvalue weighted by molar-refractivity contribution is 0.695. The Hall–Kier alpha value is 1.54. The molecule has 0 aliphatic rings. The molecule has 0 aromatic carbocycles. The van der Waals surface area contributed by atoms with E-state index in [1.807, 2.05) is 0 Å². The molecule has 0 amide bonds. The van der Waals surface area contributed by atoms with Crippen LogP contribution in [0, 0.1) is 0 Å². The molecule has 0 spiro atoms. The summed E-state index contributed by atoms with van der Waals surface area (Å²) in [7, 11) is 0. The lowest BCUT2D eigenvalue weighted by Gasteiger charge is -1.77. The van der Waals surface area contributed by atoms with Crippen LogP contribution in [0.25, 0.3) is 0 Å². The van der Waals surface area contributed by atoms with Crippen LogP contribution >= 0.6 is 21.2 Å². The van der Waals surface area contributed by atoms with Crippen LogP contribution in [0.3, 0.4) is 0 Å². The second-order valence-electron chi connectivity index (χ2n) is 0.886. The van der Waals surface area contributed by atoms with Crippen molar-refractivity contribution < 1.29 is 4.21 Å². The average molecular weight is 286 g/mol. The summed E-state index contributed by atoms with van der Waals surface area (Å²) in [6.07, 6.45) is 1.58. The van der Waals surface area contributed by atoms with Gasteiger partial charge in [0.1, 0.15) is 0 Å². The van der Waals surface area contributed by atoms with Gasteiger partial charge in [-0.05, 0) is 28.9 Å². The van der Waals surface area contributed by atoms with E-state index in [0.29, 0.717) is 0 Å². The first-order valence-corrected chi connectivity index (χ1v) is 9.33. The Morgan fingerprint density at radius 2 is 1.86 bits per heavy atom. The van der Waals surface area contributed by atoms with Gasteiger partial charge in [0.15, 0.2) is 0 Å². The molecule has 0 aliphatic carbocycles. The summed E-state index contributed by atoms with van der Waals surface area (Å²) < 4.78 is 10.7. The van der Waals surface area contributed by atoms with Crippen molar-refractivity contribution in [1.29, 1.82) is 0 Å². The topological polar surface area (TPSA) is 17.1 Å². The summed E-state index contributed by atoms with van der Waals surface area (Å²) in [5.41, 5.74) is -1.86. The normalized spacial score (nSPS) is 18.0. The van der Waals surface area contributed by atoms with E-state index in [4.69, 9.17) is 0 Å². The van der Waals surface area contributed by atoms with Crippen LogP contribution in [-0.2, 0) is 34.6 Å². The fraction of sp³-hybridized carbons (Fsp3) is 1.00. The first-order chi connectivity index (χ1) is 2.94. The van der Waals surface area contributed by atoms with Crippen LogP contribution in [0.4, 0.5) is 0 Å². The zero-order valence-corrected chi connectivity index (χ0v) is 8.84. The molecule has 6 heteroatoms. The molecule has 0 N–H and O–H groups in total. The molecule has 0 fully saturated rings. The first kappa shape index (κ1) is 8.54. The Morgan fingerprint density at radius 1 is 1.71 bits per heavy atom. The second-order valence-corrected chi connectivity index (χ2v) is 16.3. The molecule has 0 aromatic heterocycles. The zero-order chi connectivity index (χ0) is 6.08. The quantitative estimate of drug-likeness (QED) is 0.482. The van der Waals surface area contributed by atoms with Gasteiger partial charge >= 0.3 is 0 Å². The average Bonchev–Trinajstić information content (AvgIpc) is 1.31.